The Morgan fingerprint density at radius 2 is 1.90 bits per heavy atom. The van der Waals surface area contributed by atoms with Crippen molar-refractivity contribution in [3.05, 3.63) is 54.2 Å². The van der Waals surface area contributed by atoms with Crippen molar-refractivity contribution in [2.45, 2.75) is 33.6 Å². The van der Waals surface area contributed by atoms with Crippen LogP contribution in [0.4, 0.5) is 5.82 Å². The molecule has 0 bridgehead atoms. The van der Waals surface area contributed by atoms with E-state index in [4.69, 9.17) is 0 Å². The van der Waals surface area contributed by atoms with Crippen molar-refractivity contribution in [1.82, 2.24) is 19.4 Å². The van der Waals surface area contributed by atoms with E-state index >= 15 is 0 Å². The Kier molecular flexibility index (Phi) is 4.80. The van der Waals surface area contributed by atoms with Crippen molar-refractivity contribution >= 4 is 34.1 Å². The lowest BCUT2D eigenvalue weighted by Crippen LogP contribution is -2.07. The van der Waals surface area contributed by atoms with Crippen LogP contribution < -0.4 is 5.32 Å². The molecule has 7 heteroatoms. The number of anilines is 1. The third kappa shape index (κ3) is 3.47. The molecule has 0 aliphatic carbocycles. The monoisotopic (exact) mass is 387 g/mol. The van der Waals surface area contributed by atoms with Gasteiger partial charge in [0, 0.05) is 60.7 Å². The molecule has 29 heavy (non-hydrogen) atoms. The SMILES string of the molecule is CCCC(=O)c1cc(C)c(-c2cc3cnc(NC(C)=O)cc3n3ccnc23)cn1. The van der Waals surface area contributed by atoms with Crippen LogP contribution in [-0.2, 0) is 4.79 Å². The maximum absolute atomic E-state index is 12.2. The lowest BCUT2D eigenvalue weighted by molar-refractivity contribution is -0.114. The first-order chi connectivity index (χ1) is 14.0. The minimum absolute atomic E-state index is 0.0568. The number of aromatic nitrogens is 4. The summed E-state index contributed by atoms with van der Waals surface area (Å²) >= 11 is 0. The van der Waals surface area contributed by atoms with Gasteiger partial charge in [0.2, 0.25) is 5.91 Å². The van der Waals surface area contributed by atoms with Crippen molar-refractivity contribution < 1.29 is 9.59 Å². The lowest BCUT2D eigenvalue weighted by atomic mass is 10.0. The van der Waals surface area contributed by atoms with Gasteiger partial charge in [0.15, 0.2) is 5.78 Å². The third-order valence-electron chi connectivity index (χ3n) is 4.82. The maximum Gasteiger partial charge on any atom is 0.222 e. The second-order valence-corrected chi connectivity index (χ2v) is 7.05. The number of nitrogens with zero attached hydrogens (tertiary/aromatic N) is 4. The van der Waals surface area contributed by atoms with Gasteiger partial charge >= 0.3 is 0 Å². The van der Waals surface area contributed by atoms with Crippen LogP contribution in [0.3, 0.4) is 0 Å². The number of imidazole rings is 1. The second-order valence-electron chi connectivity index (χ2n) is 7.05. The minimum atomic E-state index is -0.172. The molecule has 146 valence electrons. The van der Waals surface area contributed by atoms with E-state index < -0.39 is 0 Å². The highest BCUT2D eigenvalue weighted by molar-refractivity contribution is 5.97. The number of pyridine rings is 3. The molecule has 1 amide bonds. The number of nitrogens with one attached hydrogen (secondary N) is 1. The first-order valence-corrected chi connectivity index (χ1v) is 9.51. The van der Waals surface area contributed by atoms with Crippen LogP contribution >= 0.6 is 0 Å². The van der Waals surface area contributed by atoms with Crippen LogP contribution in [0.25, 0.3) is 27.7 Å². The van der Waals surface area contributed by atoms with Crippen LogP contribution in [-0.4, -0.2) is 31.0 Å². The van der Waals surface area contributed by atoms with Gasteiger partial charge in [-0.25, -0.2) is 9.97 Å². The number of carbonyl (C=O) groups is 2. The van der Waals surface area contributed by atoms with E-state index in [0.29, 0.717) is 17.9 Å². The van der Waals surface area contributed by atoms with Crippen LogP contribution in [0.15, 0.2) is 43.0 Å². The van der Waals surface area contributed by atoms with Gasteiger partial charge in [-0.2, -0.15) is 0 Å². The van der Waals surface area contributed by atoms with Gasteiger partial charge in [0.05, 0.1) is 5.52 Å². The Balaban J connectivity index is 1.87. The number of aryl methyl sites for hydroxylation is 1. The van der Waals surface area contributed by atoms with E-state index in [2.05, 4.69) is 20.3 Å². The fraction of sp³-hybridized carbons (Fsp3) is 0.227. The van der Waals surface area contributed by atoms with Crippen molar-refractivity contribution in [3.63, 3.8) is 0 Å². The number of carbonyl (C=O) groups excluding carboxylic acids is 2. The van der Waals surface area contributed by atoms with Crippen LogP contribution in [0.1, 0.15) is 42.7 Å². The molecule has 0 radical (unpaired) electrons. The highest BCUT2D eigenvalue weighted by Crippen LogP contribution is 2.31. The summed E-state index contributed by atoms with van der Waals surface area (Å²) in [6.45, 7) is 5.41. The summed E-state index contributed by atoms with van der Waals surface area (Å²) in [4.78, 5) is 36.8. The zero-order chi connectivity index (χ0) is 20.5. The highest BCUT2D eigenvalue weighted by atomic mass is 16.1. The fourth-order valence-electron chi connectivity index (χ4n) is 3.48. The average molecular weight is 387 g/mol. The molecule has 0 fully saturated rings. The molecule has 0 aliphatic rings. The maximum atomic E-state index is 12.2. The van der Waals surface area contributed by atoms with E-state index in [-0.39, 0.29) is 11.7 Å². The molecule has 0 spiro atoms. The molecular formula is C22H21N5O2. The predicted molar refractivity (Wildman–Crippen MR) is 112 cm³/mol. The topological polar surface area (TPSA) is 89.2 Å². The summed E-state index contributed by atoms with van der Waals surface area (Å²) in [5.41, 5.74) is 4.95. The predicted octanol–water partition coefficient (Wildman–Crippen LogP) is 4.19. The molecule has 0 aromatic carbocycles. The van der Waals surface area contributed by atoms with Crippen molar-refractivity contribution in [2.75, 3.05) is 5.32 Å². The van der Waals surface area contributed by atoms with Crippen molar-refractivity contribution in [2.24, 2.45) is 0 Å². The molecule has 4 rings (SSSR count). The van der Waals surface area contributed by atoms with Gasteiger partial charge in [-0.15, -0.1) is 0 Å². The normalized spacial score (nSPS) is 11.1. The summed E-state index contributed by atoms with van der Waals surface area (Å²) in [6.07, 6.45) is 8.38. The lowest BCUT2D eigenvalue weighted by Gasteiger charge is -2.12. The van der Waals surface area contributed by atoms with Gasteiger partial charge in [0.25, 0.3) is 0 Å². The number of ketones is 1. The summed E-state index contributed by atoms with van der Waals surface area (Å²) in [5.74, 6) is 0.375. The molecule has 0 aliphatic heterocycles. The fourth-order valence-corrected chi connectivity index (χ4v) is 3.48. The molecule has 0 saturated heterocycles. The molecule has 4 aromatic heterocycles. The Morgan fingerprint density at radius 3 is 2.62 bits per heavy atom. The molecule has 0 atom stereocenters. The Labute approximate surface area is 167 Å². The number of hydrogen-bond donors (Lipinski definition) is 1. The number of Topliss-reactive ketones (excluding diaryl/α,β-unsaturated/α-hetero) is 1. The van der Waals surface area contributed by atoms with Crippen LogP contribution in [0, 0.1) is 6.92 Å². The molecule has 1 N–H and O–H groups in total. The number of rotatable bonds is 5. The quantitative estimate of drug-likeness (QED) is 0.519. The van der Waals surface area contributed by atoms with Gasteiger partial charge in [0.1, 0.15) is 17.2 Å². The largest absolute Gasteiger partial charge is 0.311 e. The van der Waals surface area contributed by atoms with Crippen molar-refractivity contribution in [3.8, 4) is 11.1 Å². The van der Waals surface area contributed by atoms with E-state index in [1.165, 1.54) is 6.92 Å². The van der Waals surface area contributed by atoms with E-state index in [1.54, 1.807) is 18.6 Å². The molecule has 4 aromatic rings. The van der Waals surface area contributed by atoms with Crippen molar-refractivity contribution in [1.29, 1.82) is 0 Å². The molecule has 4 heterocycles. The Hall–Kier alpha value is -3.61. The first kappa shape index (κ1) is 18.7. The first-order valence-electron chi connectivity index (χ1n) is 9.51. The summed E-state index contributed by atoms with van der Waals surface area (Å²) < 4.78 is 1.97. The Bertz CT molecular complexity index is 1260. The van der Waals surface area contributed by atoms with E-state index in [1.807, 2.05) is 42.6 Å². The average Bonchev–Trinajstić information content (AvgIpc) is 3.17. The van der Waals surface area contributed by atoms with Gasteiger partial charge in [-0.3, -0.25) is 19.0 Å². The van der Waals surface area contributed by atoms with Gasteiger partial charge < -0.3 is 5.32 Å². The van der Waals surface area contributed by atoms with Crippen LogP contribution in [0.5, 0.6) is 0 Å². The Morgan fingerprint density at radius 1 is 1.07 bits per heavy atom. The third-order valence-corrected chi connectivity index (χ3v) is 4.82. The van der Waals surface area contributed by atoms with E-state index in [0.717, 1.165) is 39.7 Å². The van der Waals surface area contributed by atoms with Crippen LogP contribution in [0.2, 0.25) is 0 Å². The smallest absolute Gasteiger partial charge is 0.222 e. The minimum Gasteiger partial charge on any atom is -0.311 e. The highest BCUT2D eigenvalue weighted by Gasteiger charge is 2.15. The second kappa shape index (κ2) is 7.43. The molecule has 7 nitrogen and oxygen atoms in total. The molecule has 0 unspecified atom stereocenters. The standard InChI is InChI=1S/C22H21N5O2/c1-4-5-20(29)18-8-13(2)17(12-24-18)16-9-15-11-25-21(26-14(3)28)10-19(15)27-7-6-23-22(16)27/h6-12H,4-5H2,1-3H3,(H,25,26,28). The summed E-state index contributed by atoms with van der Waals surface area (Å²) in [5, 5.41) is 3.62. The molecule has 0 saturated carbocycles. The molecular weight excluding hydrogens is 366 g/mol. The number of hydrogen-bond acceptors (Lipinski definition) is 5. The zero-order valence-electron chi connectivity index (χ0n) is 16.6. The number of amides is 1. The number of fused-ring (bicyclic) bond motifs is 3. The zero-order valence-corrected chi connectivity index (χ0v) is 16.6. The van der Waals surface area contributed by atoms with Gasteiger partial charge in [-0.05, 0) is 31.0 Å². The van der Waals surface area contributed by atoms with Gasteiger partial charge in [-0.1, -0.05) is 6.92 Å². The summed E-state index contributed by atoms with van der Waals surface area (Å²) in [6, 6.07) is 5.68. The summed E-state index contributed by atoms with van der Waals surface area (Å²) in [7, 11) is 0. The van der Waals surface area contributed by atoms with E-state index in [9.17, 15) is 9.59 Å².